The van der Waals surface area contributed by atoms with Crippen molar-refractivity contribution in [2.75, 3.05) is 32.2 Å². The van der Waals surface area contributed by atoms with Crippen molar-refractivity contribution in [3.63, 3.8) is 0 Å². The Morgan fingerprint density at radius 2 is 2.20 bits per heavy atom. The van der Waals surface area contributed by atoms with Crippen molar-refractivity contribution in [2.24, 2.45) is 10.4 Å². The quantitative estimate of drug-likeness (QED) is 0.304. The van der Waals surface area contributed by atoms with E-state index in [1.165, 1.54) is 19.3 Å². The lowest BCUT2D eigenvalue weighted by Gasteiger charge is -2.61. The number of hydrogen-bond acceptors (Lipinski definition) is 3. The molecule has 2 fully saturated rings. The second kappa shape index (κ2) is 8.68. The van der Waals surface area contributed by atoms with E-state index in [0.29, 0.717) is 17.6 Å². The highest BCUT2D eigenvalue weighted by Gasteiger charge is 2.59. The summed E-state index contributed by atoms with van der Waals surface area (Å²) in [7, 11) is 1.85. The molecule has 0 saturated heterocycles. The molecule has 0 aliphatic heterocycles. The SMILES string of the molecule is CCOC1CC(NC(=NC)NCCSC)C12CCC2.I. The summed E-state index contributed by atoms with van der Waals surface area (Å²) < 4.78 is 5.88. The molecule has 0 aromatic carbocycles. The molecular weight excluding hydrogens is 385 g/mol. The van der Waals surface area contributed by atoms with Crippen LogP contribution >= 0.6 is 35.7 Å². The van der Waals surface area contributed by atoms with Gasteiger partial charge in [-0.3, -0.25) is 4.99 Å². The Morgan fingerprint density at radius 1 is 1.45 bits per heavy atom. The predicted molar refractivity (Wildman–Crippen MR) is 98.4 cm³/mol. The molecule has 0 amide bonds. The van der Waals surface area contributed by atoms with Crippen LogP contribution in [0.4, 0.5) is 0 Å². The van der Waals surface area contributed by atoms with Gasteiger partial charge in [0.15, 0.2) is 5.96 Å². The van der Waals surface area contributed by atoms with E-state index in [-0.39, 0.29) is 24.0 Å². The molecular formula is C14H28IN3OS. The number of thioether (sulfide) groups is 1. The first-order valence-corrected chi connectivity index (χ1v) is 8.74. The van der Waals surface area contributed by atoms with Crippen LogP contribution in [0, 0.1) is 5.41 Å². The summed E-state index contributed by atoms with van der Waals surface area (Å²) in [5.41, 5.74) is 0.396. The molecule has 2 N–H and O–H groups in total. The van der Waals surface area contributed by atoms with Crippen molar-refractivity contribution in [1.82, 2.24) is 10.6 Å². The highest BCUT2D eigenvalue weighted by molar-refractivity contribution is 14.0. The molecule has 0 radical (unpaired) electrons. The zero-order valence-corrected chi connectivity index (χ0v) is 15.9. The standard InChI is InChI=1S/C14H27N3OS.HI/c1-4-18-12-10-11(14(12)6-5-7-14)17-13(15-2)16-8-9-19-3;/h11-12H,4-10H2,1-3H3,(H2,15,16,17);1H. The van der Waals surface area contributed by atoms with Crippen LogP contribution in [-0.4, -0.2) is 50.3 Å². The van der Waals surface area contributed by atoms with Gasteiger partial charge in [0.2, 0.25) is 0 Å². The minimum absolute atomic E-state index is 0. The molecule has 118 valence electrons. The second-order valence-electron chi connectivity index (χ2n) is 5.46. The molecule has 20 heavy (non-hydrogen) atoms. The van der Waals surface area contributed by atoms with E-state index in [2.05, 4.69) is 28.8 Å². The Labute approximate surface area is 144 Å². The molecule has 2 atom stereocenters. The Bertz CT molecular complexity index is 324. The fourth-order valence-corrected chi connectivity index (χ4v) is 3.58. The third kappa shape index (κ3) is 3.74. The van der Waals surface area contributed by atoms with Crippen LogP contribution in [0.1, 0.15) is 32.6 Å². The summed E-state index contributed by atoms with van der Waals surface area (Å²) in [6, 6.07) is 0.540. The van der Waals surface area contributed by atoms with Crippen molar-refractivity contribution in [3.8, 4) is 0 Å². The van der Waals surface area contributed by atoms with Gasteiger partial charge in [-0.1, -0.05) is 6.42 Å². The molecule has 0 heterocycles. The van der Waals surface area contributed by atoms with Crippen LogP contribution in [0.5, 0.6) is 0 Å². The van der Waals surface area contributed by atoms with Gasteiger partial charge in [-0.2, -0.15) is 11.8 Å². The molecule has 0 aromatic heterocycles. The lowest BCUT2D eigenvalue weighted by molar-refractivity contribution is -0.168. The molecule has 2 saturated carbocycles. The molecule has 1 spiro atoms. The second-order valence-corrected chi connectivity index (χ2v) is 6.44. The van der Waals surface area contributed by atoms with E-state index >= 15 is 0 Å². The third-order valence-electron chi connectivity index (χ3n) is 4.57. The first-order chi connectivity index (χ1) is 9.26. The first-order valence-electron chi connectivity index (χ1n) is 7.34. The molecule has 6 heteroatoms. The Morgan fingerprint density at radius 3 is 2.70 bits per heavy atom. The van der Waals surface area contributed by atoms with E-state index in [0.717, 1.165) is 31.3 Å². The zero-order chi connectivity index (χ0) is 13.7. The van der Waals surface area contributed by atoms with Crippen molar-refractivity contribution in [2.45, 2.75) is 44.8 Å². The fraction of sp³-hybridized carbons (Fsp3) is 0.929. The Balaban J connectivity index is 0.00000200. The average molecular weight is 413 g/mol. The summed E-state index contributed by atoms with van der Waals surface area (Å²) in [5, 5.41) is 6.97. The van der Waals surface area contributed by atoms with Gasteiger partial charge in [0.25, 0.3) is 0 Å². The lowest BCUT2D eigenvalue weighted by Crippen LogP contribution is -2.68. The smallest absolute Gasteiger partial charge is 0.191 e. The van der Waals surface area contributed by atoms with E-state index in [1.54, 1.807) is 0 Å². The number of rotatable bonds is 6. The summed E-state index contributed by atoms with van der Waals surface area (Å²) >= 11 is 1.85. The average Bonchev–Trinajstić information content (AvgIpc) is 2.33. The number of halogens is 1. The first kappa shape index (κ1) is 18.4. The van der Waals surface area contributed by atoms with Gasteiger partial charge >= 0.3 is 0 Å². The van der Waals surface area contributed by atoms with Crippen LogP contribution in [0.25, 0.3) is 0 Å². The summed E-state index contributed by atoms with van der Waals surface area (Å²) in [6.07, 6.45) is 7.67. The summed E-state index contributed by atoms with van der Waals surface area (Å²) in [5.74, 6) is 2.05. The number of guanidine groups is 1. The van der Waals surface area contributed by atoms with Crippen molar-refractivity contribution >= 4 is 41.7 Å². The van der Waals surface area contributed by atoms with Gasteiger partial charge in [-0.15, -0.1) is 24.0 Å². The Kier molecular flexibility index (Phi) is 7.97. The van der Waals surface area contributed by atoms with Gasteiger partial charge in [-0.05, 0) is 32.4 Å². The number of nitrogens with one attached hydrogen (secondary N) is 2. The topological polar surface area (TPSA) is 45.6 Å². The number of nitrogens with zero attached hydrogens (tertiary/aromatic N) is 1. The summed E-state index contributed by atoms with van der Waals surface area (Å²) in [6.45, 7) is 3.89. The highest BCUT2D eigenvalue weighted by Crippen LogP contribution is 2.57. The molecule has 2 rings (SSSR count). The van der Waals surface area contributed by atoms with Crippen LogP contribution in [0.3, 0.4) is 0 Å². The number of ether oxygens (including phenoxy) is 1. The molecule has 0 aromatic rings. The van der Waals surface area contributed by atoms with Gasteiger partial charge < -0.3 is 15.4 Å². The van der Waals surface area contributed by atoms with Gasteiger partial charge in [0.1, 0.15) is 0 Å². The molecule has 2 aliphatic rings. The molecule has 2 unspecified atom stereocenters. The number of hydrogen-bond donors (Lipinski definition) is 2. The van der Waals surface area contributed by atoms with Crippen LogP contribution in [0.2, 0.25) is 0 Å². The Hall–Kier alpha value is 0.310. The van der Waals surface area contributed by atoms with Gasteiger partial charge in [0, 0.05) is 37.4 Å². The van der Waals surface area contributed by atoms with E-state index in [9.17, 15) is 0 Å². The normalized spacial score (nSPS) is 27.2. The molecule has 0 bridgehead atoms. The minimum Gasteiger partial charge on any atom is -0.378 e. The zero-order valence-electron chi connectivity index (χ0n) is 12.8. The minimum atomic E-state index is 0. The van der Waals surface area contributed by atoms with Crippen molar-refractivity contribution in [1.29, 1.82) is 0 Å². The third-order valence-corrected chi connectivity index (χ3v) is 5.18. The predicted octanol–water partition coefficient (Wildman–Crippen LogP) is 2.48. The lowest BCUT2D eigenvalue weighted by atomic mass is 9.51. The van der Waals surface area contributed by atoms with Crippen LogP contribution in [0.15, 0.2) is 4.99 Å². The highest BCUT2D eigenvalue weighted by atomic mass is 127. The van der Waals surface area contributed by atoms with Gasteiger partial charge in [0.05, 0.1) is 6.10 Å². The van der Waals surface area contributed by atoms with Crippen LogP contribution in [-0.2, 0) is 4.74 Å². The van der Waals surface area contributed by atoms with Crippen molar-refractivity contribution in [3.05, 3.63) is 0 Å². The maximum absolute atomic E-state index is 5.88. The molecule has 4 nitrogen and oxygen atoms in total. The largest absolute Gasteiger partial charge is 0.378 e. The fourth-order valence-electron chi connectivity index (χ4n) is 3.27. The maximum atomic E-state index is 5.88. The van der Waals surface area contributed by atoms with Gasteiger partial charge in [-0.25, -0.2) is 0 Å². The summed E-state index contributed by atoms with van der Waals surface area (Å²) in [4.78, 5) is 4.32. The number of aliphatic imine (C=N–C) groups is 1. The maximum Gasteiger partial charge on any atom is 0.191 e. The molecule has 2 aliphatic carbocycles. The van der Waals surface area contributed by atoms with E-state index < -0.39 is 0 Å². The van der Waals surface area contributed by atoms with Crippen LogP contribution < -0.4 is 10.6 Å². The monoisotopic (exact) mass is 413 g/mol. The van der Waals surface area contributed by atoms with E-state index in [4.69, 9.17) is 4.74 Å². The van der Waals surface area contributed by atoms with E-state index in [1.807, 2.05) is 18.8 Å². The van der Waals surface area contributed by atoms with Crippen molar-refractivity contribution < 1.29 is 4.74 Å².